The third-order valence-electron chi connectivity index (χ3n) is 6.20. The second kappa shape index (κ2) is 9.09. The van der Waals surface area contributed by atoms with Gasteiger partial charge in [-0.25, -0.2) is 14.2 Å². The highest BCUT2D eigenvalue weighted by atomic mass is 19.1. The normalized spacial score (nSPS) is 15.8. The van der Waals surface area contributed by atoms with E-state index in [9.17, 15) is 14.0 Å². The van der Waals surface area contributed by atoms with E-state index < -0.39 is 0 Å². The Kier molecular flexibility index (Phi) is 5.82. The number of hydrogen-bond acceptors (Lipinski definition) is 5. The first kappa shape index (κ1) is 22.4. The van der Waals surface area contributed by atoms with Crippen LogP contribution >= 0.6 is 0 Å². The fourth-order valence-corrected chi connectivity index (χ4v) is 4.58. The van der Waals surface area contributed by atoms with Gasteiger partial charge in [0.25, 0.3) is 0 Å². The summed E-state index contributed by atoms with van der Waals surface area (Å²) in [4.78, 5) is 31.9. The molecule has 35 heavy (non-hydrogen) atoms. The number of amides is 1. The van der Waals surface area contributed by atoms with Gasteiger partial charge in [-0.15, -0.1) is 0 Å². The Morgan fingerprint density at radius 2 is 1.80 bits per heavy atom. The maximum Gasteiger partial charge on any atom is 0.334 e. The van der Waals surface area contributed by atoms with Crippen LogP contribution in [-0.2, 0) is 4.79 Å². The highest BCUT2D eigenvalue weighted by molar-refractivity contribution is 5.88. The molecule has 1 aliphatic heterocycles. The number of carbonyl (C=O) groups excluding carboxylic acids is 1. The zero-order chi connectivity index (χ0) is 24.5. The summed E-state index contributed by atoms with van der Waals surface area (Å²) in [5, 5.41) is 0. The van der Waals surface area contributed by atoms with Crippen LogP contribution in [0.2, 0.25) is 0 Å². The molecule has 8 nitrogen and oxygen atoms in total. The summed E-state index contributed by atoms with van der Waals surface area (Å²) in [5.74, 6) is 0.778. The van der Waals surface area contributed by atoms with Gasteiger partial charge in [-0.2, -0.15) is 0 Å². The molecule has 0 bridgehead atoms. The van der Waals surface area contributed by atoms with Crippen LogP contribution in [0.4, 0.5) is 10.2 Å². The van der Waals surface area contributed by atoms with Crippen molar-refractivity contribution in [1.29, 1.82) is 0 Å². The smallest absolute Gasteiger partial charge is 0.334 e. The van der Waals surface area contributed by atoms with Crippen LogP contribution in [0.3, 0.4) is 0 Å². The predicted octanol–water partition coefficient (Wildman–Crippen LogP) is 4.05. The first-order valence-electron chi connectivity index (χ1n) is 11.3. The van der Waals surface area contributed by atoms with Gasteiger partial charge in [-0.3, -0.25) is 13.9 Å². The lowest BCUT2D eigenvalue weighted by molar-refractivity contribution is -0.127. The molecular weight excluding hydrogens is 449 g/mol. The molecule has 1 aliphatic rings. The number of anilines is 1. The SMILES string of the molecule is C=CC(=O)N1CCCC(n2c(=O)n(-c3ccc(Oc4ccc(F)cc4)cc3)c3c(N)nccc32)C1. The minimum absolute atomic E-state index is 0.149. The Labute approximate surface area is 200 Å². The van der Waals surface area contributed by atoms with E-state index in [1.807, 2.05) is 0 Å². The van der Waals surface area contributed by atoms with Crippen LogP contribution in [0.1, 0.15) is 18.9 Å². The van der Waals surface area contributed by atoms with Gasteiger partial charge in [0, 0.05) is 19.3 Å². The van der Waals surface area contributed by atoms with Crippen LogP contribution in [0.15, 0.2) is 78.2 Å². The minimum Gasteiger partial charge on any atom is -0.457 e. The lowest BCUT2D eigenvalue weighted by Crippen LogP contribution is -2.42. The van der Waals surface area contributed by atoms with Gasteiger partial charge in [0.1, 0.15) is 28.7 Å². The van der Waals surface area contributed by atoms with Crippen molar-refractivity contribution in [3.8, 4) is 17.2 Å². The number of piperidine rings is 1. The average Bonchev–Trinajstić information content (AvgIpc) is 3.18. The Morgan fingerprint density at radius 1 is 1.11 bits per heavy atom. The zero-order valence-electron chi connectivity index (χ0n) is 18.9. The summed E-state index contributed by atoms with van der Waals surface area (Å²) in [6.45, 7) is 4.62. The third-order valence-corrected chi connectivity index (χ3v) is 6.20. The number of nitrogens with two attached hydrogens (primary N) is 1. The summed E-state index contributed by atoms with van der Waals surface area (Å²) < 4.78 is 22.2. The van der Waals surface area contributed by atoms with Crippen molar-refractivity contribution in [1.82, 2.24) is 19.0 Å². The number of fused-ring (bicyclic) bond motifs is 1. The maximum absolute atomic E-state index is 13.7. The van der Waals surface area contributed by atoms with Crippen molar-refractivity contribution < 1.29 is 13.9 Å². The lowest BCUT2D eigenvalue weighted by Gasteiger charge is -2.32. The summed E-state index contributed by atoms with van der Waals surface area (Å²) in [5.41, 5.74) is 7.74. The molecule has 5 rings (SSSR count). The zero-order valence-corrected chi connectivity index (χ0v) is 18.9. The van der Waals surface area contributed by atoms with E-state index in [4.69, 9.17) is 10.5 Å². The van der Waals surface area contributed by atoms with E-state index in [0.29, 0.717) is 41.3 Å². The van der Waals surface area contributed by atoms with E-state index in [1.54, 1.807) is 46.0 Å². The molecule has 2 aromatic carbocycles. The number of benzene rings is 2. The summed E-state index contributed by atoms with van der Waals surface area (Å²) in [7, 11) is 0. The second-order valence-corrected chi connectivity index (χ2v) is 8.39. The number of pyridine rings is 1. The molecule has 178 valence electrons. The topological polar surface area (TPSA) is 95.4 Å². The van der Waals surface area contributed by atoms with Crippen molar-refractivity contribution in [2.75, 3.05) is 18.8 Å². The second-order valence-electron chi connectivity index (χ2n) is 8.39. The van der Waals surface area contributed by atoms with Crippen LogP contribution in [-0.4, -0.2) is 38.0 Å². The Bertz CT molecular complexity index is 1460. The van der Waals surface area contributed by atoms with Gasteiger partial charge in [0.2, 0.25) is 5.91 Å². The lowest BCUT2D eigenvalue weighted by atomic mass is 10.1. The molecule has 0 aliphatic carbocycles. The molecule has 1 amide bonds. The van der Waals surface area contributed by atoms with Gasteiger partial charge in [0.05, 0.1) is 17.2 Å². The molecule has 0 saturated carbocycles. The molecule has 1 unspecified atom stereocenters. The van der Waals surface area contributed by atoms with Gasteiger partial charge < -0.3 is 15.4 Å². The fraction of sp³-hybridized carbons (Fsp3) is 0.192. The average molecular weight is 474 g/mol. The molecule has 3 heterocycles. The molecule has 1 saturated heterocycles. The van der Waals surface area contributed by atoms with Gasteiger partial charge in [0.15, 0.2) is 0 Å². The van der Waals surface area contributed by atoms with Crippen molar-refractivity contribution in [3.63, 3.8) is 0 Å². The number of nitrogens with zero attached hydrogens (tertiary/aromatic N) is 4. The highest BCUT2D eigenvalue weighted by Crippen LogP contribution is 2.29. The molecule has 0 spiro atoms. The van der Waals surface area contributed by atoms with Gasteiger partial charge in [-0.1, -0.05) is 6.58 Å². The molecule has 1 fully saturated rings. The summed E-state index contributed by atoms with van der Waals surface area (Å²) >= 11 is 0. The maximum atomic E-state index is 13.7. The fourth-order valence-electron chi connectivity index (χ4n) is 4.58. The number of imidazole rings is 1. The summed E-state index contributed by atoms with van der Waals surface area (Å²) in [6.07, 6.45) is 4.41. The molecular formula is C26H24FN5O3. The van der Waals surface area contributed by atoms with Crippen molar-refractivity contribution >= 4 is 22.8 Å². The van der Waals surface area contributed by atoms with Crippen LogP contribution in [0.5, 0.6) is 11.5 Å². The van der Waals surface area contributed by atoms with Crippen molar-refractivity contribution in [2.45, 2.75) is 18.9 Å². The van der Waals surface area contributed by atoms with E-state index in [2.05, 4.69) is 11.6 Å². The van der Waals surface area contributed by atoms with E-state index in [-0.39, 0.29) is 29.3 Å². The molecule has 9 heteroatoms. The van der Waals surface area contributed by atoms with Crippen molar-refractivity contribution in [2.24, 2.45) is 0 Å². The van der Waals surface area contributed by atoms with E-state index in [0.717, 1.165) is 12.8 Å². The van der Waals surface area contributed by atoms with E-state index in [1.165, 1.54) is 34.9 Å². The number of ether oxygens (including phenoxy) is 1. The first-order chi connectivity index (χ1) is 17.0. The Hall–Kier alpha value is -4.40. The number of likely N-dealkylation sites (tertiary alicyclic amines) is 1. The first-order valence-corrected chi connectivity index (χ1v) is 11.3. The molecule has 2 N–H and O–H groups in total. The number of halogens is 1. The molecule has 2 aromatic heterocycles. The number of carbonyl (C=O) groups is 1. The Balaban J connectivity index is 1.54. The largest absolute Gasteiger partial charge is 0.457 e. The standard InChI is InChI=1S/C26H24FN5O3/c1-2-23(33)30-15-3-4-19(16-30)31-22-13-14-29-25(28)24(22)32(26(31)34)18-7-11-21(12-8-18)35-20-9-5-17(27)6-10-20/h2,5-14,19H,1,3-4,15-16H2,(H2,28,29). The van der Waals surface area contributed by atoms with Crippen LogP contribution in [0.25, 0.3) is 16.7 Å². The molecule has 4 aromatic rings. The highest BCUT2D eigenvalue weighted by Gasteiger charge is 2.28. The Morgan fingerprint density at radius 3 is 2.49 bits per heavy atom. The number of aromatic nitrogens is 3. The number of rotatable bonds is 5. The number of nitrogen functional groups attached to an aromatic ring is 1. The van der Waals surface area contributed by atoms with Crippen molar-refractivity contribution in [3.05, 3.63) is 89.8 Å². The number of hydrogen-bond donors (Lipinski definition) is 1. The molecule has 1 atom stereocenters. The quantitative estimate of drug-likeness (QED) is 0.441. The monoisotopic (exact) mass is 473 g/mol. The molecule has 0 radical (unpaired) electrons. The van der Waals surface area contributed by atoms with Crippen LogP contribution in [0, 0.1) is 5.82 Å². The van der Waals surface area contributed by atoms with Crippen LogP contribution < -0.4 is 16.2 Å². The minimum atomic E-state index is -0.343. The third kappa shape index (κ3) is 4.16. The predicted molar refractivity (Wildman–Crippen MR) is 131 cm³/mol. The van der Waals surface area contributed by atoms with Gasteiger partial charge in [-0.05, 0) is 73.5 Å². The van der Waals surface area contributed by atoms with E-state index >= 15 is 0 Å². The summed E-state index contributed by atoms with van der Waals surface area (Å²) in [6, 6.07) is 14.3. The van der Waals surface area contributed by atoms with Gasteiger partial charge >= 0.3 is 5.69 Å².